The number of sulfonamides is 1. The lowest BCUT2D eigenvalue weighted by Crippen LogP contribution is -1.98. The highest BCUT2D eigenvalue weighted by Gasteiger charge is 2.11. The summed E-state index contributed by atoms with van der Waals surface area (Å²) in [6.45, 7) is 1.89. The number of aryl methyl sites for hydroxylation is 1. The Hall–Kier alpha value is -1.65. The fourth-order valence-corrected chi connectivity index (χ4v) is 2.52. The van der Waals surface area contributed by atoms with Crippen molar-refractivity contribution >= 4 is 27.8 Å². The molecule has 19 heavy (non-hydrogen) atoms. The third-order valence-corrected chi connectivity index (χ3v) is 4.15. The summed E-state index contributed by atoms with van der Waals surface area (Å²) in [4.78, 5) is 0.168. The van der Waals surface area contributed by atoms with E-state index in [1.807, 2.05) is 6.92 Å². The van der Waals surface area contributed by atoms with Gasteiger partial charge >= 0.3 is 0 Å². The summed E-state index contributed by atoms with van der Waals surface area (Å²) in [5.74, 6) is 0. The molecule has 0 unspecified atom stereocenters. The van der Waals surface area contributed by atoms with Gasteiger partial charge in [-0.05, 0) is 25.1 Å². The molecule has 0 saturated carbocycles. The molecular formula is C14H12ClNO2S. The van der Waals surface area contributed by atoms with Gasteiger partial charge in [-0.15, -0.1) is 0 Å². The van der Waals surface area contributed by atoms with E-state index in [9.17, 15) is 8.42 Å². The number of nitrogens with zero attached hydrogens (tertiary/aromatic N) is 1. The Balaban J connectivity index is 2.32. The molecule has 2 rings (SSSR count). The van der Waals surface area contributed by atoms with Gasteiger partial charge in [0.2, 0.25) is 0 Å². The molecule has 3 nitrogen and oxygen atoms in total. The van der Waals surface area contributed by atoms with Gasteiger partial charge in [0.05, 0.1) is 4.90 Å². The smallest absolute Gasteiger partial charge is 0.199 e. The summed E-state index contributed by atoms with van der Waals surface area (Å²) >= 11 is 5.93. The SMILES string of the molecule is Cc1ccc(S(=O)(=O)/N=C\c2ccccc2Cl)cc1. The maximum atomic E-state index is 12.0. The van der Waals surface area contributed by atoms with Crippen molar-refractivity contribution in [3.63, 3.8) is 0 Å². The zero-order valence-corrected chi connectivity index (χ0v) is 11.8. The molecule has 0 aliphatic carbocycles. The summed E-state index contributed by atoms with van der Waals surface area (Å²) in [6.07, 6.45) is 1.26. The zero-order valence-electron chi connectivity index (χ0n) is 10.2. The van der Waals surface area contributed by atoms with E-state index < -0.39 is 10.0 Å². The Labute approximate surface area is 117 Å². The third-order valence-electron chi connectivity index (χ3n) is 2.55. The van der Waals surface area contributed by atoms with Gasteiger partial charge in [0.25, 0.3) is 10.0 Å². The molecule has 2 aromatic carbocycles. The Morgan fingerprint density at radius 1 is 1.05 bits per heavy atom. The summed E-state index contributed by atoms with van der Waals surface area (Å²) in [5.41, 5.74) is 1.56. The number of rotatable bonds is 3. The van der Waals surface area contributed by atoms with Gasteiger partial charge in [0.1, 0.15) is 0 Å². The molecule has 0 N–H and O–H groups in total. The largest absolute Gasteiger partial charge is 0.282 e. The van der Waals surface area contributed by atoms with Gasteiger partial charge in [-0.1, -0.05) is 47.5 Å². The van der Waals surface area contributed by atoms with Crippen LogP contribution in [0.25, 0.3) is 0 Å². The fourth-order valence-electron chi connectivity index (χ4n) is 1.48. The second-order valence-electron chi connectivity index (χ2n) is 4.04. The Morgan fingerprint density at radius 2 is 1.68 bits per heavy atom. The lowest BCUT2D eigenvalue weighted by atomic mass is 10.2. The Morgan fingerprint density at radius 3 is 2.32 bits per heavy atom. The molecule has 0 fully saturated rings. The van der Waals surface area contributed by atoms with E-state index >= 15 is 0 Å². The van der Waals surface area contributed by atoms with Crippen LogP contribution in [0.3, 0.4) is 0 Å². The van der Waals surface area contributed by atoms with Crippen LogP contribution in [0.4, 0.5) is 0 Å². The van der Waals surface area contributed by atoms with Crippen molar-refractivity contribution in [1.82, 2.24) is 0 Å². The molecule has 0 radical (unpaired) electrons. The van der Waals surface area contributed by atoms with Crippen LogP contribution in [-0.4, -0.2) is 14.6 Å². The van der Waals surface area contributed by atoms with Gasteiger partial charge in [0, 0.05) is 16.8 Å². The van der Waals surface area contributed by atoms with Crippen LogP contribution < -0.4 is 0 Å². The minimum atomic E-state index is -3.68. The monoisotopic (exact) mass is 293 g/mol. The van der Waals surface area contributed by atoms with Gasteiger partial charge < -0.3 is 0 Å². The normalized spacial score (nSPS) is 11.9. The molecule has 0 saturated heterocycles. The summed E-state index contributed by atoms with van der Waals surface area (Å²) in [6, 6.07) is 13.5. The van der Waals surface area contributed by atoms with Crippen LogP contribution in [0.15, 0.2) is 57.8 Å². The zero-order chi connectivity index (χ0) is 13.9. The second-order valence-corrected chi connectivity index (χ2v) is 6.08. The first-order chi connectivity index (χ1) is 8.99. The quantitative estimate of drug-likeness (QED) is 0.814. The number of hydrogen-bond donors (Lipinski definition) is 0. The molecule has 0 aromatic heterocycles. The molecule has 0 aliphatic rings. The fraction of sp³-hybridized carbons (Fsp3) is 0.0714. The van der Waals surface area contributed by atoms with Crippen LogP contribution in [-0.2, 0) is 10.0 Å². The van der Waals surface area contributed by atoms with Gasteiger partial charge in [-0.25, -0.2) is 0 Å². The predicted molar refractivity (Wildman–Crippen MR) is 77.4 cm³/mol. The van der Waals surface area contributed by atoms with Crippen molar-refractivity contribution in [2.75, 3.05) is 0 Å². The average molecular weight is 294 g/mol. The van der Waals surface area contributed by atoms with Crippen molar-refractivity contribution < 1.29 is 8.42 Å². The molecule has 0 heterocycles. The number of benzene rings is 2. The Bertz CT molecular complexity index is 706. The van der Waals surface area contributed by atoms with Crippen molar-refractivity contribution in [3.05, 3.63) is 64.7 Å². The number of halogens is 1. The topological polar surface area (TPSA) is 46.5 Å². The Kier molecular flexibility index (Phi) is 4.02. The highest BCUT2D eigenvalue weighted by molar-refractivity contribution is 7.90. The maximum Gasteiger partial charge on any atom is 0.282 e. The second kappa shape index (κ2) is 5.55. The van der Waals surface area contributed by atoms with E-state index in [1.165, 1.54) is 18.3 Å². The van der Waals surface area contributed by atoms with E-state index in [0.29, 0.717) is 10.6 Å². The first-order valence-electron chi connectivity index (χ1n) is 5.60. The van der Waals surface area contributed by atoms with E-state index in [0.717, 1.165) is 5.56 Å². The van der Waals surface area contributed by atoms with Crippen molar-refractivity contribution in [2.45, 2.75) is 11.8 Å². The highest BCUT2D eigenvalue weighted by Crippen LogP contribution is 2.16. The lowest BCUT2D eigenvalue weighted by molar-refractivity contribution is 0.598. The van der Waals surface area contributed by atoms with Crippen LogP contribution in [0.1, 0.15) is 11.1 Å². The summed E-state index contributed by atoms with van der Waals surface area (Å²) in [7, 11) is -3.68. The standard InChI is InChI=1S/C14H12ClNO2S/c1-11-6-8-13(9-7-11)19(17,18)16-10-12-4-2-3-5-14(12)15/h2-10H,1H3/b16-10-. The van der Waals surface area contributed by atoms with Crippen molar-refractivity contribution in [3.8, 4) is 0 Å². The molecule has 2 aromatic rings. The van der Waals surface area contributed by atoms with Gasteiger partial charge in [0.15, 0.2) is 0 Å². The van der Waals surface area contributed by atoms with Gasteiger partial charge in [-0.3, -0.25) is 0 Å². The predicted octanol–water partition coefficient (Wildman–Crippen LogP) is 3.46. The minimum Gasteiger partial charge on any atom is -0.199 e. The van der Waals surface area contributed by atoms with E-state index in [2.05, 4.69) is 4.40 Å². The molecule has 98 valence electrons. The van der Waals surface area contributed by atoms with Crippen molar-refractivity contribution in [2.24, 2.45) is 4.40 Å². The van der Waals surface area contributed by atoms with E-state index in [-0.39, 0.29) is 4.90 Å². The van der Waals surface area contributed by atoms with E-state index in [1.54, 1.807) is 36.4 Å². The van der Waals surface area contributed by atoms with Crippen LogP contribution in [0.2, 0.25) is 5.02 Å². The molecule has 0 spiro atoms. The highest BCUT2D eigenvalue weighted by atomic mass is 35.5. The van der Waals surface area contributed by atoms with Gasteiger partial charge in [-0.2, -0.15) is 12.8 Å². The molecule has 0 aliphatic heterocycles. The molecular weight excluding hydrogens is 282 g/mol. The first-order valence-corrected chi connectivity index (χ1v) is 7.42. The molecule has 0 atom stereocenters. The van der Waals surface area contributed by atoms with Crippen LogP contribution >= 0.6 is 11.6 Å². The minimum absolute atomic E-state index is 0.168. The van der Waals surface area contributed by atoms with Crippen LogP contribution in [0, 0.1) is 6.92 Å². The first kappa shape index (κ1) is 13.8. The third kappa shape index (κ3) is 3.43. The summed E-state index contributed by atoms with van der Waals surface area (Å²) < 4.78 is 27.6. The molecule has 5 heteroatoms. The van der Waals surface area contributed by atoms with Crippen molar-refractivity contribution in [1.29, 1.82) is 0 Å². The lowest BCUT2D eigenvalue weighted by Gasteiger charge is -2.00. The molecule has 0 amide bonds. The summed E-state index contributed by atoms with van der Waals surface area (Å²) in [5, 5.41) is 0.463. The van der Waals surface area contributed by atoms with E-state index in [4.69, 9.17) is 11.6 Å². The average Bonchev–Trinajstić information content (AvgIpc) is 2.38. The maximum absolute atomic E-state index is 12.0. The molecule has 0 bridgehead atoms. The number of hydrogen-bond acceptors (Lipinski definition) is 2. The van der Waals surface area contributed by atoms with Crippen LogP contribution in [0.5, 0.6) is 0 Å².